The molecule has 1 atom stereocenters. The minimum absolute atomic E-state index is 0.403. The molecule has 0 saturated heterocycles. The Morgan fingerprint density at radius 2 is 1.94 bits per heavy atom. The van der Waals surface area contributed by atoms with Gasteiger partial charge >= 0.3 is 5.97 Å². The molecule has 17 heavy (non-hydrogen) atoms. The molecule has 0 aromatic heterocycles. The molecule has 1 aliphatic carbocycles. The van der Waals surface area contributed by atoms with Crippen LogP contribution < -0.4 is 0 Å². The third-order valence-electron chi connectivity index (χ3n) is 4.65. The van der Waals surface area contributed by atoms with E-state index >= 15 is 0 Å². The first kappa shape index (κ1) is 14.5. The van der Waals surface area contributed by atoms with Crippen molar-refractivity contribution >= 4 is 5.97 Å². The highest BCUT2D eigenvalue weighted by Gasteiger charge is 2.42. The predicted molar refractivity (Wildman–Crippen MR) is 71.0 cm³/mol. The lowest BCUT2D eigenvalue weighted by molar-refractivity contribution is -0.153. The zero-order valence-corrected chi connectivity index (χ0v) is 11.7. The quantitative estimate of drug-likeness (QED) is 0.743. The Morgan fingerprint density at radius 1 is 1.35 bits per heavy atom. The first-order valence-electron chi connectivity index (χ1n) is 7.27. The monoisotopic (exact) mass is 240 g/mol. The van der Waals surface area contributed by atoms with Crippen LogP contribution in [0.5, 0.6) is 0 Å². The Labute approximate surface area is 106 Å². The Kier molecular flexibility index (Phi) is 5.48. The van der Waals surface area contributed by atoms with Crippen LogP contribution in [0.15, 0.2) is 0 Å². The number of aliphatic carboxylic acids is 1. The molecule has 0 heterocycles. The van der Waals surface area contributed by atoms with Crippen LogP contribution in [0.1, 0.15) is 72.1 Å². The van der Waals surface area contributed by atoms with Crippen molar-refractivity contribution in [2.24, 2.45) is 17.3 Å². The molecule has 0 radical (unpaired) electrons. The lowest BCUT2D eigenvalue weighted by Crippen LogP contribution is -2.37. The molecule has 1 rings (SSSR count). The molecule has 1 saturated carbocycles. The molecule has 1 aliphatic rings. The van der Waals surface area contributed by atoms with Crippen LogP contribution >= 0.6 is 0 Å². The minimum atomic E-state index is -0.548. The van der Waals surface area contributed by atoms with Gasteiger partial charge in [0.15, 0.2) is 0 Å². The highest BCUT2D eigenvalue weighted by molar-refractivity contribution is 5.74. The lowest BCUT2D eigenvalue weighted by atomic mass is 9.65. The number of carboxylic acid groups (broad SMARTS) is 1. The van der Waals surface area contributed by atoms with Gasteiger partial charge in [0.05, 0.1) is 5.41 Å². The van der Waals surface area contributed by atoms with Crippen LogP contribution in [0.25, 0.3) is 0 Å². The first-order chi connectivity index (χ1) is 8.04. The minimum Gasteiger partial charge on any atom is -0.481 e. The van der Waals surface area contributed by atoms with Gasteiger partial charge in [-0.3, -0.25) is 4.79 Å². The largest absolute Gasteiger partial charge is 0.481 e. The summed E-state index contributed by atoms with van der Waals surface area (Å²) < 4.78 is 0. The lowest BCUT2D eigenvalue weighted by Gasteiger charge is -2.38. The van der Waals surface area contributed by atoms with E-state index in [1.165, 1.54) is 12.8 Å². The van der Waals surface area contributed by atoms with E-state index in [0.29, 0.717) is 5.92 Å². The smallest absolute Gasteiger partial charge is 0.309 e. The van der Waals surface area contributed by atoms with Crippen molar-refractivity contribution in [3.05, 3.63) is 0 Å². The molecular formula is C15H28O2. The number of rotatable bonds is 6. The first-order valence-corrected chi connectivity index (χ1v) is 7.27. The highest BCUT2D eigenvalue weighted by Crippen LogP contribution is 2.45. The molecule has 0 bridgehead atoms. The van der Waals surface area contributed by atoms with Crippen LogP contribution in [-0.4, -0.2) is 11.1 Å². The van der Waals surface area contributed by atoms with E-state index in [4.69, 9.17) is 0 Å². The third-order valence-corrected chi connectivity index (χ3v) is 4.65. The van der Waals surface area contributed by atoms with Gasteiger partial charge in [-0.05, 0) is 43.9 Å². The van der Waals surface area contributed by atoms with Gasteiger partial charge < -0.3 is 5.11 Å². The standard InChI is InChI=1S/C15H28O2/c1-4-6-13-7-9-15(10-8-13,14(16)17)11-12(3)5-2/h12-13H,4-11H2,1-3H3,(H,16,17). The maximum absolute atomic E-state index is 11.6. The predicted octanol–water partition coefficient (Wildman–Crippen LogP) is 4.48. The fourth-order valence-electron chi connectivity index (χ4n) is 3.24. The van der Waals surface area contributed by atoms with E-state index in [1.54, 1.807) is 0 Å². The Morgan fingerprint density at radius 3 is 2.35 bits per heavy atom. The molecule has 2 nitrogen and oxygen atoms in total. The molecule has 0 aliphatic heterocycles. The van der Waals surface area contributed by atoms with Crippen molar-refractivity contribution in [1.82, 2.24) is 0 Å². The molecule has 0 spiro atoms. The summed E-state index contributed by atoms with van der Waals surface area (Å²) in [4.78, 5) is 11.6. The topological polar surface area (TPSA) is 37.3 Å². The normalized spacial score (nSPS) is 31.1. The summed E-state index contributed by atoms with van der Waals surface area (Å²) in [6.45, 7) is 6.56. The van der Waals surface area contributed by atoms with E-state index in [1.807, 2.05) is 0 Å². The van der Waals surface area contributed by atoms with Crippen LogP contribution in [0.3, 0.4) is 0 Å². The summed E-state index contributed by atoms with van der Waals surface area (Å²) in [7, 11) is 0. The van der Waals surface area contributed by atoms with Crippen molar-refractivity contribution in [1.29, 1.82) is 0 Å². The van der Waals surface area contributed by atoms with Gasteiger partial charge in [0.25, 0.3) is 0 Å². The van der Waals surface area contributed by atoms with Crippen molar-refractivity contribution in [3.63, 3.8) is 0 Å². The summed E-state index contributed by atoms with van der Waals surface area (Å²) in [5.74, 6) is 0.769. The second-order valence-corrected chi connectivity index (χ2v) is 6.04. The number of hydrogen-bond donors (Lipinski definition) is 1. The fourth-order valence-corrected chi connectivity index (χ4v) is 3.24. The Bertz CT molecular complexity index is 239. The Hall–Kier alpha value is -0.530. The van der Waals surface area contributed by atoms with Gasteiger partial charge in [0, 0.05) is 0 Å². The van der Waals surface area contributed by atoms with E-state index in [9.17, 15) is 9.90 Å². The maximum Gasteiger partial charge on any atom is 0.309 e. The number of carboxylic acids is 1. The van der Waals surface area contributed by atoms with Crippen molar-refractivity contribution in [2.45, 2.75) is 72.1 Å². The van der Waals surface area contributed by atoms with Crippen LogP contribution in [-0.2, 0) is 4.79 Å². The van der Waals surface area contributed by atoms with Gasteiger partial charge in [0.2, 0.25) is 0 Å². The zero-order valence-electron chi connectivity index (χ0n) is 11.7. The van der Waals surface area contributed by atoms with Gasteiger partial charge in [0.1, 0.15) is 0 Å². The average molecular weight is 240 g/mol. The van der Waals surface area contributed by atoms with Crippen molar-refractivity contribution in [3.8, 4) is 0 Å². The van der Waals surface area contributed by atoms with Crippen LogP contribution in [0.2, 0.25) is 0 Å². The molecule has 0 aromatic carbocycles. The summed E-state index contributed by atoms with van der Waals surface area (Å²) in [5, 5.41) is 9.55. The number of carbonyl (C=O) groups is 1. The SMILES string of the molecule is CCCC1CCC(CC(C)CC)(C(=O)O)CC1. The van der Waals surface area contributed by atoms with E-state index in [2.05, 4.69) is 20.8 Å². The van der Waals surface area contributed by atoms with Crippen molar-refractivity contribution in [2.75, 3.05) is 0 Å². The summed E-state index contributed by atoms with van der Waals surface area (Å²) in [6.07, 6.45) is 8.52. The van der Waals surface area contributed by atoms with Crippen LogP contribution in [0.4, 0.5) is 0 Å². The third kappa shape index (κ3) is 3.72. The number of hydrogen-bond acceptors (Lipinski definition) is 1. The van der Waals surface area contributed by atoms with Gasteiger partial charge in [-0.2, -0.15) is 0 Å². The molecule has 1 fully saturated rings. The molecule has 0 aromatic rings. The molecule has 0 amide bonds. The Balaban J connectivity index is 2.60. The summed E-state index contributed by atoms with van der Waals surface area (Å²) in [5.41, 5.74) is -0.403. The van der Waals surface area contributed by atoms with Gasteiger partial charge in [-0.15, -0.1) is 0 Å². The highest BCUT2D eigenvalue weighted by atomic mass is 16.4. The average Bonchev–Trinajstić information content (AvgIpc) is 2.31. The second kappa shape index (κ2) is 6.42. The molecule has 100 valence electrons. The molecule has 1 N–H and O–H groups in total. The van der Waals surface area contributed by atoms with E-state index < -0.39 is 11.4 Å². The van der Waals surface area contributed by atoms with Crippen LogP contribution in [0, 0.1) is 17.3 Å². The van der Waals surface area contributed by atoms with Gasteiger partial charge in [-0.25, -0.2) is 0 Å². The molecule has 1 unspecified atom stereocenters. The molecular weight excluding hydrogens is 212 g/mol. The van der Waals surface area contributed by atoms with Gasteiger partial charge in [-0.1, -0.05) is 40.0 Å². The van der Waals surface area contributed by atoms with Crippen molar-refractivity contribution < 1.29 is 9.90 Å². The second-order valence-electron chi connectivity index (χ2n) is 6.04. The van der Waals surface area contributed by atoms with E-state index in [-0.39, 0.29) is 0 Å². The van der Waals surface area contributed by atoms with E-state index in [0.717, 1.165) is 44.4 Å². The maximum atomic E-state index is 11.6. The summed E-state index contributed by atoms with van der Waals surface area (Å²) in [6, 6.07) is 0. The molecule has 2 heteroatoms. The fraction of sp³-hybridized carbons (Fsp3) is 0.933. The zero-order chi connectivity index (χ0) is 12.9. The summed E-state index contributed by atoms with van der Waals surface area (Å²) >= 11 is 0.